The Kier molecular flexibility index (Phi) is 3.61. The molecule has 1 aromatic carbocycles. The quantitative estimate of drug-likeness (QED) is 0.914. The zero-order valence-electron chi connectivity index (χ0n) is 10.3. The van der Waals surface area contributed by atoms with E-state index in [9.17, 15) is 13.2 Å². The van der Waals surface area contributed by atoms with Crippen molar-refractivity contribution >= 4 is 5.82 Å². The molecule has 0 fully saturated rings. The first kappa shape index (κ1) is 13.9. The molecular formula is C14H10F3N3. The van der Waals surface area contributed by atoms with Crippen LogP contribution in [0.5, 0.6) is 0 Å². The minimum absolute atomic E-state index is 0.0611. The van der Waals surface area contributed by atoms with Gasteiger partial charge in [-0.15, -0.1) is 0 Å². The molecule has 3 nitrogen and oxygen atoms in total. The standard InChI is InChI=1S/C14H10F3N3/c15-14(16,17)12-3-1-2-9(7-12)11-6-10(4-5-18)13(19)20-8-11/h1-3,6-8H,4H2,(H2,19,20). The van der Waals surface area contributed by atoms with Crippen LogP contribution in [0.3, 0.4) is 0 Å². The topological polar surface area (TPSA) is 62.7 Å². The number of benzene rings is 1. The lowest BCUT2D eigenvalue weighted by molar-refractivity contribution is -0.137. The molecule has 2 N–H and O–H groups in total. The van der Waals surface area contributed by atoms with Crippen molar-refractivity contribution in [3.8, 4) is 17.2 Å². The van der Waals surface area contributed by atoms with Gasteiger partial charge >= 0.3 is 6.18 Å². The molecule has 0 amide bonds. The number of halogens is 3. The first-order valence-electron chi connectivity index (χ1n) is 5.71. The molecule has 0 unspecified atom stereocenters. The van der Waals surface area contributed by atoms with E-state index in [0.717, 1.165) is 12.1 Å². The largest absolute Gasteiger partial charge is 0.416 e. The van der Waals surface area contributed by atoms with Crippen molar-refractivity contribution in [2.75, 3.05) is 5.73 Å². The fourth-order valence-corrected chi connectivity index (χ4v) is 1.78. The van der Waals surface area contributed by atoms with Crippen LogP contribution in [-0.2, 0) is 12.6 Å². The van der Waals surface area contributed by atoms with Crippen LogP contribution in [-0.4, -0.2) is 4.98 Å². The lowest BCUT2D eigenvalue weighted by Crippen LogP contribution is -2.04. The van der Waals surface area contributed by atoms with Crippen molar-refractivity contribution in [1.82, 2.24) is 4.98 Å². The molecule has 0 aliphatic carbocycles. The maximum absolute atomic E-state index is 12.7. The van der Waals surface area contributed by atoms with Crippen LogP contribution >= 0.6 is 0 Å². The summed E-state index contributed by atoms with van der Waals surface area (Å²) < 4.78 is 38.0. The minimum atomic E-state index is -4.40. The minimum Gasteiger partial charge on any atom is -0.383 e. The molecule has 2 rings (SSSR count). The van der Waals surface area contributed by atoms with Crippen LogP contribution in [0.2, 0.25) is 0 Å². The third-order valence-electron chi connectivity index (χ3n) is 2.79. The number of alkyl halides is 3. The summed E-state index contributed by atoms with van der Waals surface area (Å²) in [6, 6.07) is 8.46. The van der Waals surface area contributed by atoms with E-state index in [1.54, 1.807) is 12.1 Å². The highest BCUT2D eigenvalue weighted by Crippen LogP contribution is 2.32. The monoisotopic (exact) mass is 277 g/mol. The van der Waals surface area contributed by atoms with Gasteiger partial charge in [0.2, 0.25) is 0 Å². The Morgan fingerprint density at radius 2 is 1.95 bits per heavy atom. The number of hydrogen-bond donors (Lipinski definition) is 1. The van der Waals surface area contributed by atoms with Crippen LogP contribution in [0.4, 0.5) is 19.0 Å². The van der Waals surface area contributed by atoms with Gasteiger partial charge in [0, 0.05) is 17.3 Å². The normalized spacial score (nSPS) is 11.1. The number of nitrogen functional groups attached to an aromatic ring is 1. The molecule has 0 saturated heterocycles. The van der Waals surface area contributed by atoms with Crippen molar-refractivity contribution in [3.05, 3.63) is 47.7 Å². The second-order valence-corrected chi connectivity index (χ2v) is 4.18. The van der Waals surface area contributed by atoms with Gasteiger partial charge in [-0.2, -0.15) is 18.4 Å². The number of rotatable bonds is 2. The van der Waals surface area contributed by atoms with Crippen LogP contribution in [0, 0.1) is 11.3 Å². The number of nitrogens with zero attached hydrogens (tertiary/aromatic N) is 2. The summed E-state index contributed by atoms with van der Waals surface area (Å²) in [5.74, 6) is 0.210. The Bertz CT molecular complexity index is 672. The van der Waals surface area contributed by atoms with Gasteiger partial charge in [0.05, 0.1) is 18.1 Å². The molecule has 6 heteroatoms. The van der Waals surface area contributed by atoms with Crippen LogP contribution < -0.4 is 5.73 Å². The molecule has 2 aromatic rings. The number of pyridine rings is 1. The summed E-state index contributed by atoms with van der Waals surface area (Å²) in [6.07, 6.45) is -2.94. The maximum Gasteiger partial charge on any atom is 0.416 e. The third-order valence-corrected chi connectivity index (χ3v) is 2.79. The molecule has 102 valence electrons. The highest BCUT2D eigenvalue weighted by molar-refractivity contribution is 5.66. The lowest BCUT2D eigenvalue weighted by Gasteiger charge is -2.10. The molecule has 0 radical (unpaired) electrons. The van der Waals surface area contributed by atoms with E-state index in [4.69, 9.17) is 11.0 Å². The SMILES string of the molecule is N#CCc1cc(-c2cccc(C(F)(F)F)c2)cnc1N. The molecule has 0 saturated carbocycles. The summed E-state index contributed by atoms with van der Waals surface area (Å²) in [4.78, 5) is 3.91. The molecule has 0 aliphatic rings. The second-order valence-electron chi connectivity index (χ2n) is 4.18. The molecule has 20 heavy (non-hydrogen) atoms. The number of anilines is 1. The van der Waals surface area contributed by atoms with Gasteiger partial charge in [0.1, 0.15) is 5.82 Å². The van der Waals surface area contributed by atoms with Gasteiger partial charge in [-0.05, 0) is 23.8 Å². The van der Waals surface area contributed by atoms with Gasteiger partial charge in [0.25, 0.3) is 0 Å². The van der Waals surface area contributed by atoms with Crippen LogP contribution in [0.1, 0.15) is 11.1 Å². The van der Waals surface area contributed by atoms with Crippen molar-refractivity contribution in [2.24, 2.45) is 0 Å². The van der Waals surface area contributed by atoms with Crippen molar-refractivity contribution in [1.29, 1.82) is 5.26 Å². The summed E-state index contributed by atoms with van der Waals surface area (Å²) in [7, 11) is 0. The average molecular weight is 277 g/mol. The van der Waals surface area contributed by atoms with E-state index in [1.807, 2.05) is 6.07 Å². The molecular weight excluding hydrogens is 267 g/mol. The summed E-state index contributed by atoms with van der Waals surface area (Å²) in [5.41, 5.74) is 6.26. The number of hydrogen-bond acceptors (Lipinski definition) is 3. The van der Waals surface area contributed by atoms with Gasteiger partial charge in [-0.1, -0.05) is 12.1 Å². The van der Waals surface area contributed by atoms with Crippen LogP contribution in [0.25, 0.3) is 11.1 Å². The fourth-order valence-electron chi connectivity index (χ4n) is 1.78. The van der Waals surface area contributed by atoms with E-state index in [0.29, 0.717) is 16.7 Å². The summed E-state index contributed by atoms with van der Waals surface area (Å²) in [5, 5.41) is 8.67. The van der Waals surface area contributed by atoms with Gasteiger partial charge in [-0.3, -0.25) is 0 Å². The van der Waals surface area contributed by atoms with Gasteiger partial charge < -0.3 is 5.73 Å². The Morgan fingerprint density at radius 1 is 1.20 bits per heavy atom. The Balaban J connectivity index is 2.47. The smallest absolute Gasteiger partial charge is 0.383 e. The zero-order chi connectivity index (χ0) is 14.8. The van der Waals surface area contributed by atoms with E-state index in [-0.39, 0.29) is 12.2 Å². The van der Waals surface area contributed by atoms with E-state index >= 15 is 0 Å². The third kappa shape index (κ3) is 2.88. The average Bonchev–Trinajstić information content (AvgIpc) is 2.41. The fraction of sp³-hybridized carbons (Fsp3) is 0.143. The van der Waals surface area contributed by atoms with E-state index in [2.05, 4.69) is 4.98 Å². The van der Waals surface area contributed by atoms with Crippen molar-refractivity contribution in [2.45, 2.75) is 12.6 Å². The maximum atomic E-state index is 12.7. The Morgan fingerprint density at radius 3 is 2.60 bits per heavy atom. The molecule has 0 bridgehead atoms. The first-order valence-corrected chi connectivity index (χ1v) is 5.71. The van der Waals surface area contributed by atoms with E-state index < -0.39 is 11.7 Å². The van der Waals surface area contributed by atoms with Gasteiger partial charge in [-0.25, -0.2) is 4.98 Å². The Hall–Kier alpha value is -2.55. The molecule has 1 aromatic heterocycles. The highest BCUT2D eigenvalue weighted by atomic mass is 19.4. The number of aromatic nitrogens is 1. The predicted octanol–water partition coefficient (Wildman–Crippen LogP) is 3.42. The lowest BCUT2D eigenvalue weighted by atomic mass is 10.0. The zero-order valence-corrected chi connectivity index (χ0v) is 10.3. The molecule has 0 spiro atoms. The van der Waals surface area contributed by atoms with Crippen molar-refractivity contribution < 1.29 is 13.2 Å². The summed E-state index contributed by atoms with van der Waals surface area (Å²) >= 11 is 0. The predicted molar refractivity (Wildman–Crippen MR) is 68.4 cm³/mol. The van der Waals surface area contributed by atoms with Gasteiger partial charge in [0.15, 0.2) is 0 Å². The highest BCUT2D eigenvalue weighted by Gasteiger charge is 2.30. The Labute approximate surface area is 113 Å². The van der Waals surface area contributed by atoms with Crippen molar-refractivity contribution in [3.63, 3.8) is 0 Å². The first-order chi connectivity index (χ1) is 9.41. The molecule has 0 aliphatic heterocycles. The molecule has 1 heterocycles. The second kappa shape index (κ2) is 5.21. The number of nitriles is 1. The molecule has 0 atom stereocenters. The van der Waals surface area contributed by atoms with Crippen LogP contribution in [0.15, 0.2) is 36.5 Å². The number of nitrogens with two attached hydrogens (primary N) is 1. The van der Waals surface area contributed by atoms with E-state index in [1.165, 1.54) is 12.3 Å². The summed E-state index contributed by atoms with van der Waals surface area (Å²) in [6.45, 7) is 0.